The fourth-order valence-electron chi connectivity index (χ4n) is 3.62. The van der Waals surface area contributed by atoms with E-state index < -0.39 is 42.2 Å². The molecule has 0 spiro atoms. The SMILES string of the molecule is C#CN(C(=O)C(CO)NC(=O)OC(C)(C)C)C(C(=O)Nc1c(C)cccc1C)c1ccc(C)c(C)c1. The fourth-order valence-corrected chi connectivity index (χ4v) is 3.62. The molecule has 8 heteroatoms. The second-order valence-electron chi connectivity index (χ2n) is 9.72. The monoisotopic (exact) mass is 493 g/mol. The Hall–Kier alpha value is -3.83. The highest BCUT2D eigenvalue weighted by Crippen LogP contribution is 2.27. The first-order valence-electron chi connectivity index (χ1n) is 11.6. The molecule has 0 radical (unpaired) electrons. The van der Waals surface area contributed by atoms with Crippen LogP contribution in [0.3, 0.4) is 0 Å². The summed E-state index contributed by atoms with van der Waals surface area (Å²) in [6, 6.07) is 10.6. The normalized spacial score (nSPS) is 12.6. The molecule has 0 saturated carbocycles. The molecule has 3 N–H and O–H groups in total. The molecule has 3 amide bonds. The molecular weight excluding hydrogens is 458 g/mol. The molecule has 0 aliphatic heterocycles. The quantitative estimate of drug-likeness (QED) is 0.400. The molecule has 192 valence electrons. The number of aliphatic hydroxyl groups is 1. The molecule has 2 rings (SSSR count). The second-order valence-corrected chi connectivity index (χ2v) is 9.72. The van der Waals surface area contributed by atoms with Crippen molar-refractivity contribution in [2.24, 2.45) is 0 Å². The smallest absolute Gasteiger partial charge is 0.408 e. The maximum Gasteiger partial charge on any atom is 0.408 e. The molecule has 0 aliphatic carbocycles. The van der Waals surface area contributed by atoms with Crippen molar-refractivity contribution < 1.29 is 24.2 Å². The summed E-state index contributed by atoms with van der Waals surface area (Å²) < 4.78 is 5.20. The highest BCUT2D eigenvalue weighted by molar-refractivity contribution is 6.00. The summed E-state index contributed by atoms with van der Waals surface area (Å²) in [6.07, 6.45) is 4.85. The number of alkyl carbamates (subject to hydrolysis) is 1. The standard InChI is InChI=1S/C28H35N3O5/c1-9-31(26(34)22(16-32)29-27(35)36-28(6,7)8)24(21-14-13-17(2)20(5)15-21)25(33)30-23-18(3)11-10-12-19(23)4/h1,10-15,22,24,32H,16H2,2-8H3,(H,29,35)(H,30,33). The second kappa shape index (κ2) is 11.7. The number of benzene rings is 2. The van der Waals surface area contributed by atoms with E-state index in [0.29, 0.717) is 11.3 Å². The molecule has 0 heterocycles. The summed E-state index contributed by atoms with van der Waals surface area (Å²) >= 11 is 0. The minimum Gasteiger partial charge on any atom is -0.444 e. The van der Waals surface area contributed by atoms with Crippen LogP contribution in [0, 0.1) is 40.2 Å². The molecule has 0 fully saturated rings. The number of hydrogen-bond donors (Lipinski definition) is 3. The van der Waals surface area contributed by atoms with Gasteiger partial charge >= 0.3 is 6.09 Å². The lowest BCUT2D eigenvalue weighted by Gasteiger charge is -2.30. The number of aliphatic hydroxyl groups excluding tert-OH is 1. The molecule has 2 aromatic rings. The van der Waals surface area contributed by atoms with Gasteiger partial charge in [0.2, 0.25) is 0 Å². The number of aryl methyl sites for hydroxylation is 4. The lowest BCUT2D eigenvalue weighted by Crippen LogP contribution is -2.52. The van der Waals surface area contributed by atoms with Crippen LogP contribution >= 0.6 is 0 Å². The van der Waals surface area contributed by atoms with E-state index in [2.05, 4.69) is 16.7 Å². The Balaban J connectivity index is 2.49. The molecule has 0 aromatic heterocycles. The van der Waals surface area contributed by atoms with Gasteiger partial charge < -0.3 is 20.5 Å². The molecular formula is C28H35N3O5. The number of carbonyl (C=O) groups excluding carboxylic acids is 3. The van der Waals surface area contributed by atoms with Crippen molar-refractivity contribution in [3.05, 3.63) is 64.2 Å². The molecule has 36 heavy (non-hydrogen) atoms. The van der Waals surface area contributed by atoms with Crippen molar-refractivity contribution in [1.29, 1.82) is 0 Å². The first kappa shape index (κ1) is 28.4. The van der Waals surface area contributed by atoms with Gasteiger partial charge in [-0.15, -0.1) is 0 Å². The van der Waals surface area contributed by atoms with Gasteiger partial charge in [-0.05, 0) is 76.3 Å². The molecule has 8 nitrogen and oxygen atoms in total. The predicted octanol–water partition coefficient (Wildman–Crippen LogP) is 3.90. The van der Waals surface area contributed by atoms with Crippen molar-refractivity contribution >= 4 is 23.6 Å². The highest BCUT2D eigenvalue weighted by Gasteiger charge is 2.36. The van der Waals surface area contributed by atoms with Crippen LogP contribution in [0.15, 0.2) is 36.4 Å². The summed E-state index contributed by atoms with van der Waals surface area (Å²) in [7, 11) is 0. The number of ether oxygens (including phenoxy) is 1. The van der Waals surface area contributed by atoms with Crippen molar-refractivity contribution in [2.45, 2.75) is 66.2 Å². The average Bonchev–Trinajstić information content (AvgIpc) is 2.78. The minimum absolute atomic E-state index is 0.488. The minimum atomic E-state index is -1.42. The largest absolute Gasteiger partial charge is 0.444 e. The van der Waals surface area contributed by atoms with E-state index in [1.807, 2.05) is 52.0 Å². The molecule has 2 unspecified atom stereocenters. The van der Waals surface area contributed by atoms with Gasteiger partial charge in [-0.3, -0.25) is 14.5 Å². The fraction of sp³-hybridized carbons (Fsp3) is 0.393. The van der Waals surface area contributed by atoms with E-state index in [4.69, 9.17) is 11.2 Å². The first-order valence-corrected chi connectivity index (χ1v) is 11.6. The van der Waals surface area contributed by atoms with Gasteiger partial charge in [0.25, 0.3) is 11.8 Å². The lowest BCUT2D eigenvalue weighted by molar-refractivity contribution is -0.137. The predicted molar refractivity (Wildman–Crippen MR) is 139 cm³/mol. The number of amides is 3. The Morgan fingerprint density at radius 3 is 2.14 bits per heavy atom. The number of hydrogen-bond acceptors (Lipinski definition) is 5. The van der Waals surface area contributed by atoms with Crippen LogP contribution in [0.1, 0.15) is 54.6 Å². The lowest BCUT2D eigenvalue weighted by atomic mass is 9.98. The van der Waals surface area contributed by atoms with E-state index in [0.717, 1.165) is 27.2 Å². The zero-order valence-electron chi connectivity index (χ0n) is 21.9. The maximum absolute atomic E-state index is 13.7. The third kappa shape index (κ3) is 7.09. The van der Waals surface area contributed by atoms with Crippen molar-refractivity contribution in [3.8, 4) is 12.5 Å². The van der Waals surface area contributed by atoms with E-state index in [9.17, 15) is 19.5 Å². The Morgan fingerprint density at radius 1 is 1.03 bits per heavy atom. The van der Waals surface area contributed by atoms with Crippen LogP contribution in [0.25, 0.3) is 0 Å². The van der Waals surface area contributed by atoms with Gasteiger partial charge in [0, 0.05) is 11.7 Å². The summed E-state index contributed by atoms with van der Waals surface area (Å²) in [5.41, 5.74) is 3.90. The number of anilines is 1. The van der Waals surface area contributed by atoms with E-state index in [1.54, 1.807) is 32.9 Å². The summed E-state index contributed by atoms with van der Waals surface area (Å²) in [5.74, 6) is -1.36. The van der Waals surface area contributed by atoms with Gasteiger partial charge in [0.1, 0.15) is 17.7 Å². The number of carbonyl (C=O) groups is 3. The van der Waals surface area contributed by atoms with Crippen LogP contribution in [-0.2, 0) is 14.3 Å². The van der Waals surface area contributed by atoms with Gasteiger partial charge in [0.15, 0.2) is 0 Å². The topological polar surface area (TPSA) is 108 Å². The van der Waals surface area contributed by atoms with Crippen molar-refractivity contribution in [3.63, 3.8) is 0 Å². The van der Waals surface area contributed by atoms with Crippen LogP contribution < -0.4 is 10.6 Å². The number of terminal acetylenes is 1. The Morgan fingerprint density at radius 2 is 1.64 bits per heavy atom. The van der Waals surface area contributed by atoms with Crippen LogP contribution in [0.5, 0.6) is 0 Å². The van der Waals surface area contributed by atoms with E-state index in [1.165, 1.54) is 0 Å². The Kier molecular flexibility index (Phi) is 9.26. The number of para-hydroxylation sites is 1. The van der Waals surface area contributed by atoms with Crippen LogP contribution in [0.4, 0.5) is 10.5 Å². The molecule has 0 saturated heterocycles. The summed E-state index contributed by atoms with van der Waals surface area (Å²) in [6.45, 7) is 11.8. The Labute approximate surface area is 213 Å². The zero-order chi connectivity index (χ0) is 27.2. The van der Waals surface area contributed by atoms with Gasteiger partial charge in [-0.25, -0.2) is 4.79 Å². The van der Waals surface area contributed by atoms with Crippen LogP contribution in [-0.4, -0.2) is 46.2 Å². The number of nitrogens with zero attached hydrogens (tertiary/aromatic N) is 1. The van der Waals surface area contributed by atoms with Gasteiger partial charge in [-0.2, -0.15) is 0 Å². The molecule has 0 bridgehead atoms. The third-order valence-corrected chi connectivity index (χ3v) is 5.63. The first-order chi connectivity index (χ1) is 16.8. The number of nitrogens with one attached hydrogen (secondary N) is 2. The van der Waals surface area contributed by atoms with Crippen molar-refractivity contribution in [2.75, 3.05) is 11.9 Å². The Bertz CT molecular complexity index is 1160. The van der Waals surface area contributed by atoms with E-state index in [-0.39, 0.29) is 0 Å². The zero-order valence-corrected chi connectivity index (χ0v) is 21.9. The summed E-state index contributed by atoms with van der Waals surface area (Å²) in [4.78, 5) is 40.3. The highest BCUT2D eigenvalue weighted by atomic mass is 16.6. The molecule has 2 aromatic carbocycles. The third-order valence-electron chi connectivity index (χ3n) is 5.63. The van der Waals surface area contributed by atoms with Gasteiger partial charge in [0.05, 0.1) is 6.61 Å². The molecule has 2 atom stereocenters. The summed E-state index contributed by atoms with van der Waals surface area (Å²) in [5, 5.41) is 15.1. The van der Waals surface area contributed by atoms with Crippen LogP contribution in [0.2, 0.25) is 0 Å². The molecule has 0 aliphatic rings. The maximum atomic E-state index is 13.7. The van der Waals surface area contributed by atoms with Gasteiger partial charge in [-0.1, -0.05) is 42.8 Å². The number of rotatable bonds is 7. The van der Waals surface area contributed by atoms with E-state index >= 15 is 0 Å². The average molecular weight is 494 g/mol. The van der Waals surface area contributed by atoms with Crippen molar-refractivity contribution in [1.82, 2.24) is 10.2 Å².